The van der Waals surface area contributed by atoms with Gasteiger partial charge in [-0.15, -0.1) is 11.3 Å². The molecule has 4 rings (SSSR count). The Labute approximate surface area is 182 Å². The van der Waals surface area contributed by atoms with Crippen LogP contribution in [-0.4, -0.2) is 30.3 Å². The standard InChI is InChI=1S/C23H19FN2O4S/c1-2-29-23(28)20-17(14-6-4-3-5-7-14)13-31-22(20)25-21(27)19-12-18(26-30-19)15-8-10-16(24)11-9-15/h3-11,13,19H,2,12H2,1H3,(H,25,27). The van der Waals surface area contributed by atoms with Gasteiger partial charge in [-0.1, -0.05) is 47.6 Å². The lowest BCUT2D eigenvalue weighted by Gasteiger charge is -2.11. The molecule has 0 radical (unpaired) electrons. The summed E-state index contributed by atoms with van der Waals surface area (Å²) >= 11 is 1.24. The van der Waals surface area contributed by atoms with Crippen molar-refractivity contribution in [3.8, 4) is 11.1 Å². The zero-order valence-electron chi connectivity index (χ0n) is 16.6. The minimum absolute atomic E-state index is 0.219. The predicted molar refractivity (Wildman–Crippen MR) is 117 cm³/mol. The quantitative estimate of drug-likeness (QED) is 0.558. The maximum atomic E-state index is 13.1. The van der Waals surface area contributed by atoms with E-state index in [9.17, 15) is 14.0 Å². The molecule has 1 N–H and O–H groups in total. The lowest BCUT2D eigenvalue weighted by molar-refractivity contribution is -0.125. The molecular formula is C23H19FN2O4S. The molecule has 158 valence electrons. The first kappa shape index (κ1) is 20.7. The van der Waals surface area contributed by atoms with Crippen LogP contribution in [0.4, 0.5) is 9.39 Å². The van der Waals surface area contributed by atoms with Crippen LogP contribution in [0.1, 0.15) is 29.3 Å². The van der Waals surface area contributed by atoms with Gasteiger partial charge in [0, 0.05) is 17.4 Å². The van der Waals surface area contributed by atoms with Gasteiger partial charge in [-0.05, 0) is 30.2 Å². The van der Waals surface area contributed by atoms with Gasteiger partial charge in [0.1, 0.15) is 16.4 Å². The molecule has 0 fully saturated rings. The molecule has 1 amide bonds. The number of carbonyl (C=O) groups is 2. The van der Waals surface area contributed by atoms with E-state index in [1.54, 1.807) is 19.1 Å². The topological polar surface area (TPSA) is 77.0 Å². The average Bonchev–Trinajstić information content (AvgIpc) is 3.43. The van der Waals surface area contributed by atoms with Gasteiger partial charge >= 0.3 is 5.97 Å². The lowest BCUT2D eigenvalue weighted by Crippen LogP contribution is -2.28. The highest BCUT2D eigenvalue weighted by atomic mass is 32.1. The van der Waals surface area contributed by atoms with Crippen LogP contribution in [0.5, 0.6) is 0 Å². The van der Waals surface area contributed by atoms with Crippen molar-refractivity contribution < 1.29 is 23.6 Å². The zero-order valence-corrected chi connectivity index (χ0v) is 17.4. The summed E-state index contributed by atoms with van der Waals surface area (Å²) in [5, 5.41) is 8.95. The van der Waals surface area contributed by atoms with E-state index in [4.69, 9.17) is 9.57 Å². The van der Waals surface area contributed by atoms with Gasteiger partial charge in [0.15, 0.2) is 0 Å². The van der Waals surface area contributed by atoms with E-state index in [0.29, 0.717) is 27.4 Å². The third-order valence-electron chi connectivity index (χ3n) is 4.73. The normalized spacial score (nSPS) is 15.2. The fourth-order valence-electron chi connectivity index (χ4n) is 3.21. The summed E-state index contributed by atoms with van der Waals surface area (Å²) in [6.45, 7) is 1.95. The molecule has 1 aromatic heterocycles. The van der Waals surface area contributed by atoms with Crippen molar-refractivity contribution in [2.24, 2.45) is 5.16 Å². The molecule has 6 nitrogen and oxygen atoms in total. The maximum absolute atomic E-state index is 13.1. The molecule has 0 saturated heterocycles. The fraction of sp³-hybridized carbons (Fsp3) is 0.174. The Morgan fingerprint density at radius 2 is 1.90 bits per heavy atom. The van der Waals surface area contributed by atoms with Crippen molar-refractivity contribution in [3.05, 3.63) is 76.9 Å². The number of oxime groups is 1. The Balaban J connectivity index is 1.53. The van der Waals surface area contributed by atoms with Gasteiger partial charge in [0.25, 0.3) is 5.91 Å². The van der Waals surface area contributed by atoms with Crippen LogP contribution >= 0.6 is 11.3 Å². The smallest absolute Gasteiger partial charge is 0.341 e. The lowest BCUT2D eigenvalue weighted by atomic mass is 10.0. The van der Waals surface area contributed by atoms with Gasteiger partial charge in [-0.3, -0.25) is 4.79 Å². The van der Waals surface area contributed by atoms with Crippen LogP contribution in [0.2, 0.25) is 0 Å². The zero-order chi connectivity index (χ0) is 21.8. The number of halogens is 1. The number of nitrogens with one attached hydrogen (secondary N) is 1. The molecule has 1 atom stereocenters. The number of hydrogen-bond acceptors (Lipinski definition) is 6. The number of esters is 1. The molecule has 0 saturated carbocycles. The number of hydrogen-bond donors (Lipinski definition) is 1. The van der Waals surface area contributed by atoms with Crippen LogP contribution in [0, 0.1) is 5.82 Å². The van der Waals surface area contributed by atoms with Gasteiger partial charge in [-0.25, -0.2) is 9.18 Å². The summed E-state index contributed by atoms with van der Waals surface area (Å²) in [4.78, 5) is 30.7. The van der Waals surface area contributed by atoms with Gasteiger partial charge in [0.05, 0.1) is 12.3 Å². The SMILES string of the molecule is CCOC(=O)c1c(-c2ccccc2)csc1NC(=O)C1CC(c2ccc(F)cc2)=NO1. The van der Waals surface area contributed by atoms with Crippen molar-refractivity contribution in [1.29, 1.82) is 0 Å². The molecule has 0 aliphatic carbocycles. The Hall–Kier alpha value is -3.52. The molecule has 1 aliphatic rings. The average molecular weight is 438 g/mol. The molecule has 2 heterocycles. The molecule has 0 spiro atoms. The van der Waals surface area contributed by atoms with Crippen molar-refractivity contribution in [2.45, 2.75) is 19.4 Å². The largest absolute Gasteiger partial charge is 0.462 e. The monoisotopic (exact) mass is 438 g/mol. The predicted octanol–water partition coefficient (Wildman–Crippen LogP) is 4.86. The van der Waals surface area contributed by atoms with E-state index >= 15 is 0 Å². The first-order valence-corrected chi connectivity index (χ1v) is 10.6. The van der Waals surface area contributed by atoms with E-state index in [1.807, 2.05) is 35.7 Å². The number of ether oxygens (including phenoxy) is 1. The number of amides is 1. The van der Waals surface area contributed by atoms with Crippen molar-refractivity contribution in [3.63, 3.8) is 0 Å². The summed E-state index contributed by atoms with van der Waals surface area (Å²) in [7, 11) is 0. The second-order valence-corrected chi connectivity index (χ2v) is 7.65. The molecule has 31 heavy (non-hydrogen) atoms. The molecule has 0 bridgehead atoms. The number of carbonyl (C=O) groups excluding carboxylic acids is 2. The summed E-state index contributed by atoms with van der Waals surface area (Å²) in [6.07, 6.45) is -0.610. The van der Waals surface area contributed by atoms with E-state index in [0.717, 1.165) is 5.56 Å². The minimum Gasteiger partial charge on any atom is -0.462 e. The Kier molecular flexibility index (Phi) is 6.08. The molecule has 1 unspecified atom stereocenters. The molecule has 3 aromatic rings. The van der Waals surface area contributed by atoms with Gasteiger partial charge in [-0.2, -0.15) is 0 Å². The minimum atomic E-state index is -0.850. The first-order chi connectivity index (χ1) is 15.1. The summed E-state index contributed by atoms with van der Waals surface area (Å²) in [5.41, 5.74) is 3.09. The summed E-state index contributed by atoms with van der Waals surface area (Å²) in [5.74, 6) is -1.28. The highest BCUT2D eigenvalue weighted by Crippen LogP contribution is 2.36. The second-order valence-electron chi connectivity index (χ2n) is 6.77. The van der Waals surface area contributed by atoms with Crippen LogP contribution in [0.3, 0.4) is 0 Å². The third kappa shape index (κ3) is 4.49. The highest BCUT2D eigenvalue weighted by Gasteiger charge is 2.31. The molecule has 8 heteroatoms. The fourth-order valence-corrected chi connectivity index (χ4v) is 4.17. The van der Waals surface area contributed by atoms with E-state index in [-0.39, 0.29) is 18.8 Å². The summed E-state index contributed by atoms with van der Waals surface area (Å²) in [6, 6.07) is 15.2. The first-order valence-electron chi connectivity index (χ1n) is 9.70. The van der Waals surface area contributed by atoms with E-state index in [1.165, 1.54) is 23.5 Å². The Bertz CT molecular complexity index is 1130. The summed E-state index contributed by atoms with van der Waals surface area (Å²) < 4.78 is 18.3. The maximum Gasteiger partial charge on any atom is 0.341 e. The van der Waals surface area contributed by atoms with E-state index in [2.05, 4.69) is 10.5 Å². The third-order valence-corrected chi connectivity index (χ3v) is 5.63. The van der Waals surface area contributed by atoms with Crippen molar-refractivity contribution in [1.82, 2.24) is 0 Å². The molecular weight excluding hydrogens is 419 g/mol. The molecule has 2 aromatic carbocycles. The number of benzene rings is 2. The van der Waals surface area contributed by atoms with Crippen LogP contribution in [0.15, 0.2) is 65.1 Å². The van der Waals surface area contributed by atoms with Crippen molar-refractivity contribution in [2.75, 3.05) is 11.9 Å². The van der Waals surface area contributed by atoms with Gasteiger partial charge in [0.2, 0.25) is 6.10 Å². The van der Waals surface area contributed by atoms with Crippen molar-refractivity contribution >= 4 is 33.9 Å². The number of anilines is 1. The highest BCUT2D eigenvalue weighted by molar-refractivity contribution is 7.15. The number of nitrogens with zero attached hydrogens (tertiary/aromatic N) is 1. The Morgan fingerprint density at radius 1 is 1.16 bits per heavy atom. The van der Waals surface area contributed by atoms with Crippen LogP contribution < -0.4 is 5.32 Å². The molecule has 1 aliphatic heterocycles. The van der Waals surface area contributed by atoms with E-state index < -0.39 is 18.0 Å². The number of rotatable bonds is 6. The second kappa shape index (κ2) is 9.09. The van der Waals surface area contributed by atoms with Crippen LogP contribution in [0.25, 0.3) is 11.1 Å². The Morgan fingerprint density at radius 3 is 2.61 bits per heavy atom. The number of thiophene rings is 1. The van der Waals surface area contributed by atoms with Crippen LogP contribution in [-0.2, 0) is 14.4 Å². The van der Waals surface area contributed by atoms with Gasteiger partial charge < -0.3 is 14.9 Å².